The number of fused-ring (bicyclic) bond motifs is 1. The summed E-state index contributed by atoms with van der Waals surface area (Å²) in [5.74, 6) is -7.40. The fraction of sp³-hybridized carbons (Fsp3) is 0.412. The summed E-state index contributed by atoms with van der Waals surface area (Å²) in [4.78, 5) is 2.25. The molecule has 1 aromatic heterocycles. The van der Waals surface area contributed by atoms with Gasteiger partial charge in [0.15, 0.2) is 0 Å². The predicted octanol–water partition coefficient (Wildman–Crippen LogP) is 4.87. The van der Waals surface area contributed by atoms with Gasteiger partial charge in [-0.1, -0.05) is 0 Å². The highest BCUT2D eigenvalue weighted by Crippen LogP contribution is 2.38. The van der Waals surface area contributed by atoms with E-state index in [2.05, 4.69) is 4.98 Å². The molecule has 0 aliphatic heterocycles. The molecule has 1 aromatic carbocycles. The van der Waals surface area contributed by atoms with Crippen LogP contribution in [-0.4, -0.2) is 19.3 Å². The normalized spacial score (nSPS) is 17.9. The Bertz CT molecular complexity index is 1040. The van der Waals surface area contributed by atoms with Gasteiger partial charge in [0, 0.05) is 23.9 Å². The van der Waals surface area contributed by atoms with Crippen LogP contribution in [0, 0.1) is 17.6 Å². The molecule has 0 radical (unpaired) electrons. The summed E-state index contributed by atoms with van der Waals surface area (Å²) in [5, 5.41) is 0. The maximum absolute atomic E-state index is 14.0. The molecule has 2 N–H and O–H groups in total. The zero-order chi connectivity index (χ0) is 21.8. The lowest BCUT2D eigenvalue weighted by Crippen LogP contribution is -2.30. The van der Waals surface area contributed by atoms with Crippen molar-refractivity contribution < 1.29 is 39.2 Å². The first-order valence-electron chi connectivity index (χ1n) is 8.36. The number of halogens is 7. The number of aromatic amines is 1. The zero-order valence-corrected chi connectivity index (χ0v) is 15.6. The molecule has 2 aromatic rings. The molecule has 1 unspecified atom stereocenters. The second-order valence-corrected chi connectivity index (χ2v) is 8.57. The number of H-pyrrole nitrogens is 1. The highest BCUT2D eigenvalue weighted by molar-refractivity contribution is 7.92. The monoisotopic (exact) mass is 444 g/mol. The maximum Gasteiger partial charge on any atom is 0.419 e. The molecule has 0 fully saturated rings. The minimum absolute atomic E-state index is 0.00697. The van der Waals surface area contributed by atoms with Crippen LogP contribution in [0.5, 0.6) is 0 Å². The Balaban J connectivity index is 1.91. The average molecular weight is 444 g/mol. The number of rotatable bonds is 4. The topological polar surface area (TPSA) is 62.0 Å². The third kappa shape index (κ3) is 4.21. The van der Waals surface area contributed by atoms with E-state index in [-0.39, 0.29) is 47.5 Å². The lowest BCUT2D eigenvalue weighted by Gasteiger charge is -2.27. The van der Waals surface area contributed by atoms with Crippen molar-refractivity contribution in [2.24, 2.45) is 5.92 Å². The van der Waals surface area contributed by atoms with E-state index in [4.69, 9.17) is 0 Å². The van der Waals surface area contributed by atoms with Crippen LogP contribution in [0.15, 0.2) is 23.2 Å². The molecule has 0 saturated carbocycles. The van der Waals surface area contributed by atoms with Crippen LogP contribution in [0.2, 0.25) is 0 Å². The fourth-order valence-corrected chi connectivity index (χ4v) is 4.63. The molecule has 12 heteroatoms. The van der Waals surface area contributed by atoms with Crippen LogP contribution >= 0.6 is 0 Å². The predicted molar refractivity (Wildman–Crippen MR) is 89.1 cm³/mol. The SMILES string of the molecule is CC(F)(F)C1CCc2c(S(=O)(=O)Nc3cc(F)c(C(F)(F)F)cc3F)c[nH]c2C1. The number of benzene rings is 1. The summed E-state index contributed by atoms with van der Waals surface area (Å²) in [5.41, 5.74) is -2.37. The quantitative estimate of drug-likeness (QED) is 0.661. The van der Waals surface area contributed by atoms with Crippen LogP contribution in [0.25, 0.3) is 0 Å². The maximum atomic E-state index is 14.0. The van der Waals surface area contributed by atoms with Crippen molar-refractivity contribution in [3.8, 4) is 0 Å². The largest absolute Gasteiger partial charge is 0.419 e. The molecule has 3 rings (SSSR count). The molecule has 0 spiro atoms. The van der Waals surface area contributed by atoms with E-state index in [0.717, 1.165) is 13.1 Å². The highest BCUT2D eigenvalue weighted by atomic mass is 32.2. The van der Waals surface area contributed by atoms with Crippen LogP contribution in [0.3, 0.4) is 0 Å². The number of alkyl halides is 5. The fourth-order valence-electron chi connectivity index (χ4n) is 3.31. The standard InChI is InChI=1S/C17H15F7N2O2S/c1-16(20,21)8-2-3-9-13(4-8)25-7-15(9)29(27,28)26-14-6-11(18)10(5-12(14)19)17(22,23)24/h5-8,25-26H,2-4H2,1H3. The molecule has 1 heterocycles. The van der Waals surface area contributed by atoms with E-state index in [0.29, 0.717) is 0 Å². The van der Waals surface area contributed by atoms with Gasteiger partial charge in [-0.2, -0.15) is 13.2 Å². The van der Waals surface area contributed by atoms with E-state index < -0.39 is 50.9 Å². The molecule has 0 bridgehead atoms. The molecule has 1 aliphatic carbocycles. The summed E-state index contributed by atoms with van der Waals surface area (Å²) < 4.78 is 119. The van der Waals surface area contributed by atoms with Gasteiger partial charge >= 0.3 is 6.18 Å². The first-order chi connectivity index (χ1) is 13.2. The van der Waals surface area contributed by atoms with Crippen molar-refractivity contribution in [1.29, 1.82) is 0 Å². The minimum Gasteiger partial charge on any atom is -0.363 e. The van der Waals surface area contributed by atoms with Crippen molar-refractivity contribution in [3.63, 3.8) is 0 Å². The summed E-state index contributed by atoms with van der Waals surface area (Å²) >= 11 is 0. The number of aromatic nitrogens is 1. The van der Waals surface area contributed by atoms with Gasteiger partial charge in [0.2, 0.25) is 5.92 Å². The van der Waals surface area contributed by atoms with Gasteiger partial charge in [-0.25, -0.2) is 26.0 Å². The lowest BCUT2D eigenvalue weighted by atomic mass is 9.84. The molecule has 1 atom stereocenters. The number of hydrogen-bond donors (Lipinski definition) is 2. The lowest BCUT2D eigenvalue weighted by molar-refractivity contribution is -0.140. The molecule has 1 aliphatic rings. The number of hydrogen-bond acceptors (Lipinski definition) is 2. The van der Waals surface area contributed by atoms with Gasteiger partial charge in [0.05, 0.1) is 11.3 Å². The van der Waals surface area contributed by atoms with Gasteiger partial charge in [-0.05, 0) is 37.8 Å². The number of anilines is 1. The van der Waals surface area contributed by atoms with Crippen LogP contribution in [0.4, 0.5) is 36.4 Å². The summed E-state index contributed by atoms with van der Waals surface area (Å²) in [7, 11) is -4.51. The number of nitrogens with one attached hydrogen (secondary N) is 2. The van der Waals surface area contributed by atoms with E-state index in [1.165, 1.54) is 0 Å². The van der Waals surface area contributed by atoms with Crippen molar-refractivity contribution in [1.82, 2.24) is 4.98 Å². The molecule has 4 nitrogen and oxygen atoms in total. The third-order valence-corrected chi connectivity index (χ3v) is 6.28. The van der Waals surface area contributed by atoms with E-state index in [1.54, 1.807) is 4.72 Å². The van der Waals surface area contributed by atoms with Gasteiger partial charge in [-0.3, -0.25) is 4.72 Å². The highest BCUT2D eigenvalue weighted by Gasteiger charge is 2.39. The zero-order valence-electron chi connectivity index (χ0n) is 14.8. The molecule has 0 amide bonds. The van der Waals surface area contributed by atoms with E-state index in [9.17, 15) is 39.2 Å². The molecular formula is C17H15F7N2O2S. The van der Waals surface area contributed by atoms with Crippen molar-refractivity contribution in [3.05, 3.63) is 46.8 Å². The van der Waals surface area contributed by atoms with Crippen molar-refractivity contribution >= 4 is 15.7 Å². The Kier molecular flexibility index (Phi) is 5.13. The number of sulfonamides is 1. The van der Waals surface area contributed by atoms with Gasteiger partial charge in [-0.15, -0.1) is 0 Å². The summed E-state index contributed by atoms with van der Waals surface area (Å²) in [6.07, 6.45) is -4.20. The summed E-state index contributed by atoms with van der Waals surface area (Å²) in [6, 6.07) is -0.0455. The minimum atomic E-state index is -5.15. The smallest absolute Gasteiger partial charge is 0.363 e. The van der Waals surface area contributed by atoms with E-state index >= 15 is 0 Å². The molecular weight excluding hydrogens is 429 g/mol. The first kappa shape index (κ1) is 21.5. The Morgan fingerprint density at radius 2 is 1.76 bits per heavy atom. The third-order valence-electron chi connectivity index (χ3n) is 4.85. The van der Waals surface area contributed by atoms with E-state index in [1.807, 2.05) is 0 Å². The second kappa shape index (κ2) is 6.92. The van der Waals surface area contributed by atoms with Gasteiger partial charge in [0.1, 0.15) is 16.5 Å². The van der Waals surface area contributed by atoms with Crippen LogP contribution in [-0.2, 0) is 29.0 Å². The summed E-state index contributed by atoms with van der Waals surface area (Å²) in [6.45, 7) is 0.771. The Hall–Kier alpha value is -2.24. The van der Waals surface area contributed by atoms with Gasteiger partial charge < -0.3 is 4.98 Å². The Morgan fingerprint density at radius 3 is 2.34 bits per heavy atom. The van der Waals surface area contributed by atoms with Crippen molar-refractivity contribution in [2.45, 2.75) is 43.2 Å². The van der Waals surface area contributed by atoms with Crippen molar-refractivity contribution in [2.75, 3.05) is 4.72 Å². The second-order valence-electron chi connectivity index (χ2n) is 6.92. The van der Waals surface area contributed by atoms with Crippen LogP contribution < -0.4 is 4.72 Å². The molecule has 29 heavy (non-hydrogen) atoms. The molecule has 0 saturated heterocycles. The first-order valence-corrected chi connectivity index (χ1v) is 9.84. The average Bonchev–Trinajstić information content (AvgIpc) is 2.99. The Morgan fingerprint density at radius 1 is 1.10 bits per heavy atom. The Labute approximate surface area is 161 Å². The molecule has 160 valence electrons. The van der Waals surface area contributed by atoms with Gasteiger partial charge in [0.25, 0.3) is 10.0 Å². The van der Waals surface area contributed by atoms with Crippen LogP contribution in [0.1, 0.15) is 30.2 Å².